The van der Waals surface area contributed by atoms with Crippen molar-refractivity contribution >= 4 is 33.1 Å². The molecule has 5 nitrogen and oxygen atoms in total. The van der Waals surface area contributed by atoms with E-state index in [0.717, 1.165) is 26.5 Å². The van der Waals surface area contributed by atoms with Gasteiger partial charge in [-0.2, -0.15) is 0 Å². The van der Waals surface area contributed by atoms with Crippen LogP contribution < -0.4 is 10.9 Å². The molecule has 3 rings (SSSR count). The fraction of sp³-hybridized carbons (Fsp3) is 0.278. The smallest absolute Gasteiger partial charge is 0.263 e. The van der Waals surface area contributed by atoms with E-state index in [-0.39, 0.29) is 18.0 Å². The van der Waals surface area contributed by atoms with Crippen molar-refractivity contribution in [1.29, 1.82) is 0 Å². The highest BCUT2D eigenvalue weighted by molar-refractivity contribution is 7.18. The maximum Gasteiger partial charge on any atom is 0.263 e. The van der Waals surface area contributed by atoms with Gasteiger partial charge >= 0.3 is 0 Å². The number of thiophene rings is 1. The lowest BCUT2D eigenvalue weighted by Crippen LogP contribution is -2.30. The summed E-state index contributed by atoms with van der Waals surface area (Å²) < 4.78 is 1.44. The second kappa shape index (κ2) is 6.20. The lowest BCUT2D eigenvalue weighted by Gasteiger charge is -2.11. The van der Waals surface area contributed by atoms with E-state index in [1.54, 1.807) is 6.92 Å². The molecule has 0 bridgehead atoms. The first kappa shape index (κ1) is 16.4. The average molecular weight is 341 g/mol. The summed E-state index contributed by atoms with van der Waals surface area (Å²) in [6.45, 7) is 7.54. The highest BCUT2D eigenvalue weighted by Crippen LogP contribution is 2.26. The van der Waals surface area contributed by atoms with Gasteiger partial charge in [-0.15, -0.1) is 11.3 Å². The molecule has 6 heteroatoms. The minimum atomic E-state index is -0.236. The number of benzene rings is 1. The molecule has 0 saturated heterocycles. The van der Waals surface area contributed by atoms with E-state index in [4.69, 9.17) is 0 Å². The fourth-order valence-electron chi connectivity index (χ4n) is 2.66. The zero-order valence-corrected chi connectivity index (χ0v) is 15.0. The fourth-order valence-corrected chi connectivity index (χ4v) is 3.73. The van der Waals surface area contributed by atoms with Crippen molar-refractivity contribution in [2.45, 2.75) is 34.2 Å². The Hall–Kier alpha value is -2.47. The summed E-state index contributed by atoms with van der Waals surface area (Å²) in [4.78, 5) is 31.5. The molecule has 0 aliphatic rings. The first-order valence-corrected chi connectivity index (χ1v) is 8.52. The van der Waals surface area contributed by atoms with Gasteiger partial charge in [0.1, 0.15) is 17.2 Å². The van der Waals surface area contributed by atoms with Crippen LogP contribution in [-0.2, 0) is 11.3 Å². The number of aryl methyl sites for hydroxylation is 4. The molecule has 0 unspecified atom stereocenters. The van der Waals surface area contributed by atoms with Crippen LogP contribution in [0.5, 0.6) is 0 Å². The summed E-state index contributed by atoms with van der Waals surface area (Å²) in [6, 6.07) is 7.55. The Morgan fingerprint density at radius 3 is 2.62 bits per heavy atom. The molecular formula is C18H19N3O2S. The standard InChI is InChI=1S/C18H19N3O2S/c1-10-7-5-6-8-14(10)20-15(22)9-21-13(4)19-17-16(18(21)23)11(2)12(3)24-17/h5-8H,9H2,1-4H3,(H,20,22). The number of aromatic nitrogens is 2. The highest BCUT2D eigenvalue weighted by atomic mass is 32.1. The molecule has 2 heterocycles. The van der Waals surface area contributed by atoms with E-state index in [1.807, 2.05) is 45.0 Å². The van der Waals surface area contributed by atoms with Gasteiger partial charge in [-0.1, -0.05) is 18.2 Å². The number of amides is 1. The first-order chi connectivity index (χ1) is 11.4. The van der Waals surface area contributed by atoms with Crippen molar-refractivity contribution in [1.82, 2.24) is 9.55 Å². The summed E-state index contributed by atoms with van der Waals surface area (Å²) in [6.07, 6.45) is 0. The van der Waals surface area contributed by atoms with E-state index < -0.39 is 0 Å². The van der Waals surface area contributed by atoms with Crippen LogP contribution in [0.15, 0.2) is 29.1 Å². The third-order valence-electron chi connectivity index (χ3n) is 4.20. The van der Waals surface area contributed by atoms with Crippen LogP contribution in [0.1, 0.15) is 21.8 Å². The molecule has 124 valence electrons. The number of carbonyl (C=O) groups is 1. The maximum atomic E-state index is 12.8. The zero-order valence-electron chi connectivity index (χ0n) is 14.1. The number of anilines is 1. The molecule has 0 saturated carbocycles. The van der Waals surface area contributed by atoms with Crippen LogP contribution in [0.2, 0.25) is 0 Å². The van der Waals surface area contributed by atoms with E-state index in [9.17, 15) is 9.59 Å². The van der Waals surface area contributed by atoms with Crippen molar-refractivity contribution in [3.63, 3.8) is 0 Å². The van der Waals surface area contributed by atoms with Crippen molar-refractivity contribution in [3.05, 3.63) is 56.4 Å². The molecule has 2 aromatic heterocycles. The van der Waals surface area contributed by atoms with Gasteiger partial charge in [0.2, 0.25) is 5.91 Å². The molecule has 0 radical (unpaired) electrons. The number of rotatable bonds is 3. The summed E-state index contributed by atoms with van der Waals surface area (Å²) in [7, 11) is 0. The molecule has 0 aliphatic carbocycles. The lowest BCUT2D eigenvalue weighted by molar-refractivity contribution is -0.116. The largest absolute Gasteiger partial charge is 0.324 e. The van der Waals surface area contributed by atoms with Crippen LogP contribution in [0.25, 0.3) is 10.2 Å². The molecule has 3 aromatic rings. The Bertz CT molecular complexity index is 1000. The van der Waals surface area contributed by atoms with E-state index >= 15 is 0 Å². The summed E-state index contributed by atoms with van der Waals surface area (Å²) in [5.74, 6) is 0.314. The van der Waals surface area contributed by atoms with Gasteiger partial charge in [0.15, 0.2) is 0 Å². The van der Waals surface area contributed by atoms with E-state index in [0.29, 0.717) is 11.2 Å². The number of fused-ring (bicyclic) bond motifs is 1. The third-order valence-corrected chi connectivity index (χ3v) is 5.30. The summed E-state index contributed by atoms with van der Waals surface area (Å²) in [5.41, 5.74) is 2.53. The SMILES string of the molecule is Cc1ccccc1NC(=O)Cn1c(C)nc2sc(C)c(C)c2c1=O. The van der Waals surface area contributed by atoms with E-state index in [1.165, 1.54) is 15.9 Å². The second-order valence-corrected chi connectivity index (χ2v) is 7.08. The van der Waals surface area contributed by atoms with Crippen molar-refractivity contribution in [3.8, 4) is 0 Å². The molecule has 0 atom stereocenters. The quantitative estimate of drug-likeness (QED) is 0.795. The topological polar surface area (TPSA) is 64.0 Å². The minimum absolute atomic E-state index is 0.0454. The Kier molecular flexibility index (Phi) is 4.24. The van der Waals surface area contributed by atoms with E-state index in [2.05, 4.69) is 10.3 Å². The van der Waals surface area contributed by atoms with Gasteiger partial charge < -0.3 is 5.32 Å². The number of hydrogen-bond donors (Lipinski definition) is 1. The monoisotopic (exact) mass is 341 g/mol. The molecule has 0 aliphatic heterocycles. The minimum Gasteiger partial charge on any atom is -0.324 e. The normalized spacial score (nSPS) is 11.0. The van der Waals surface area contributed by atoms with Gasteiger partial charge in [0.05, 0.1) is 5.39 Å². The molecule has 24 heavy (non-hydrogen) atoms. The lowest BCUT2D eigenvalue weighted by atomic mass is 10.2. The molecule has 1 amide bonds. The number of para-hydroxylation sites is 1. The van der Waals surface area contributed by atoms with Gasteiger partial charge in [-0.25, -0.2) is 4.98 Å². The Balaban J connectivity index is 1.95. The van der Waals surface area contributed by atoms with Gasteiger partial charge in [0.25, 0.3) is 5.56 Å². The van der Waals surface area contributed by atoms with Crippen LogP contribution in [0.3, 0.4) is 0 Å². The molecule has 1 aromatic carbocycles. The van der Waals surface area contributed by atoms with Crippen LogP contribution in [-0.4, -0.2) is 15.5 Å². The molecule has 0 fully saturated rings. The Morgan fingerprint density at radius 2 is 1.92 bits per heavy atom. The van der Waals surface area contributed by atoms with Crippen molar-refractivity contribution in [2.75, 3.05) is 5.32 Å². The third kappa shape index (κ3) is 2.85. The molecule has 1 N–H and O–H groups in total. The number of hydrogen-bond acceptors (Lipinski definition) is 4. The molecule has 0 spiro atoms. The summed E-state index contributed by atoms with van der Waals surface area (Å²) >= 11 is 1.51. The predicted molar refractivity (Wildman–Crippen MR) is 97.9 cm³/mol. The zero-order chi connectivity index (χ0) is 17.4. The average Bonchev–Trinajstić information content (AvgIpc) is 2.80. The van der Waals surface area contributed by atoms with Gasteiger partial charge in [-0.05, 0) is 44.9 Å². The maximum absolute atomic E-state index is 12.8. The van der Waals surface area contributed by atoms with Crippen LogP contribution >= 0.6 is 11.3 Å². The highest BCUT2D eigenvalue weighted by Gasteiger charge is 2.16. The number of nitrogens with zero attached hydrogens (tertiary/aromatic N) is 2. The Morgan fingerprint density at radius 1 is 1.21 bits per heavy atom. The number of nitrogens with one attached hydrogen (secondary N) is 1. The number of carbonyl (C=O) groups excluding carboxylic acids is 1. The Labute approximate surface area is 144 Å². The predicted octanol–water partition coefficient (Wildman–Crippen LogP) is 3.33. The first-order valence-electron chi connectivity index (χ1n) is 7.71. The summed E-state index contributed by atoms with van der Waals surface area (Å²) in [5, 5.41) is 3.47. The van der Waals surface area contributed by atoms with Crippen LogP contribution in [0, 0.1) is 27.7 Å². The van der Waals surface area contributed by atoms with Gasteiger partial charge in [0, 0.05) is 10.6 Å². The van der Waals surface area contributed by atoms with Crippen molar-refractivity contribution in [2.24, 2.45) is 0 Å². The second-order valence-electron chi connectivity index (χ2n) is 5.88. The van der Waals surface area contributed by atoms with Crippen molar-refractivity contribution < 1.29 is 4.79 Å². The van der Waals surface area contributed by atoms with Crippen LogP contribution in [0.4, 0.5) is 5.69 Å². The van der Waals surface area contributed by atoms with Gasteiger partial charge in [-0.3, -0.25) is 14.2 Å². The molecular weight excluding hydrogens is 322 g/mol.